The second-order valence-electron chi connectivity index (χ2n) is 4.39. The molecule has 0 bridgehead atoms. The lowest BCUT2D eigenvalue weighted by Gasteiger charge is -2.33. The summed E-state index contributed by atoms with van der Waals surface area (Å²) in [5, 5.41) is 9.08. The molecule has 0 aliphatic carbocycles. The van der Waals surface area contributed by atoms with Gasteiger partial charge >= 0.3 is 0 Å². The summed E-state index contributed by atoms with van der Waals surface area (Å²) in [4.78, 5) is 6.09. The molecular weight excluding hydrogens is 251 g/mol. The molecule has 1 aliphatic rings. The van der Waals surface area contributed by atoms with Gasteiger partial charge < -0.3 is 19.5 Å². The van der Waals surface area contributed by atoms with Gasteiger partial charge in [-0.3, -0.25) is 0 Å². The number of morpholine rings is 1. The Morgan fingerprint density at radius 3 is 3.21 bits per heavy atom. The Bertz CT molecular complexity index is 417. The van der Waals surface area contributed by atoms with E-state index < -0.39 is 5.82 Å². The minimum Gasteiger partial charge on any atom is -0.392 e. The molecule has 1 fully saturated rings. The third kappa shape index (κ3) is 3.62. The van der Waals surface area contributed by atoms with Crippen LogP contribution in [-0.2, 0) is 16.1 Å². The lowest BCUT2D eigenvalue weighted by atomic mass is 10.2. The van der Waals surface area contributed by atoms with Crippen LogP contribution < -0.4 is 4.90 Å². The zero-order valence-corrected chi connectivity index (χ0v) is 11.0. The van der Waals surface area contributed by atoms with Gasteiger partial charge in [0, 0.05) is 25.3 Å². The highest BCUT2D eigenvalue weighted by molar-refractivity contribution is 5.41. The first-order valence-corrected chi connectivity index (χ1v) is 6.44. The molecule has 1 saturated heterocycles. The van der Waals surface area contributed by atoms with Crippen molar-refractivity contribution >= 4 is 5.82 Å². The number of hydrogen-bond donors (Lipinski definition) is 1. The van der Waals surface area contributed by atoms with Crippen molar-refractivity contribution in [2.75, 3.05) is 37.8 Å². The average molecular weight is 270 g/mol. The Morgan fingerprint density at radius 2 is 2.47 bits per heavy atom. The molecule has 106 valence electrons. The quantitative estimate of drug-likeness (QED) is 0.863. The number of aromatic nitrogens is 1. The van der Waals surface area contributed by atoms with E-state index in [1.54, 1.807) is 6.07 Å². The maximum atomic E-state index is 13.3. The molecule has 19 heavy (non-hydrogen) atoms. The van der Waals surface area contributed by atoms with E-state index in [0.717, 1.165) is 6.20 Å². The molecule has 1 atom stereocenters. The fraction of sp³-hybridized carbons (Fsp3) is 0.615. The van der Waals surface area contributed by atoms with Gasteiger partial charge in [-0.1, -0.05) is 0 Å². The van der Waals surface area contributed by atoms with E-state index in [0.29, 0.717) is 38.7 Å². The summed E-state index contributed by atoms with van der Waals surface area (Å²) in [7, 11) is 0. The highest BCUT2D eigenvalue weighted by Gasteiger charge is 2.22. The molecule has 2 heterocycles. The fourth-order valence-corrected chi connectivity index (χ4v) is 2.04. The summed E-state index contributed by atoms with van der Waals surface area (Å²) in [6, 6.07) is 1.58. The van der Waals surface area contributed by atoms with Crippen LogP contribution in [0.4, 0.5) is 10.2 Å². The Balaban J connectivity index is 2.04. The van der Waals surface area contributed by atoms with E-state index in [1.807, 2.05) is 11.8 Å². The van der Waals surface area contributed by atoms with Gasteiger partial charge in [-0.15, -0.1) is 0 Å². The maximum Gasteiger partial charge on any atom is 0.147 e. The van der Waals surface area contributed by atoms with Crippen molar-refractivity contribution in [2.45, 2.75) is 19.6 Å². The van der Waals surface area contributed by atoms with Crippen molar-refractivity contribution in [1.29, 1.82) is 0 Å². The standard InChI is InChI=1S/C13H19FN2O3/c1-2-18-9-11-7-16(3-4-19-11)13-5-10(8-17)12(14)6-15-13/h5-6,11,17H,2-4,7-9H2,1H3. The van der Waals surface area contributed by atoms with Crippen molar-refractivity contribution < 1.29 is 19.0 Å². The fourth-order valence-electron chi connectivity index (χ4n) is 2.04. The smallest absolute Gasteiger partial charge is 0.147 e. The Kier molecular flexibility index (Phi) is 5.07. The van der Waals surface area contributed by atoms with E-state index in [2.05, 4.69) is 4.98 Å². The van der Waals surface area contributed by atoms with E-state index in [1.165, 1.54) is 0 Å². The summed E-state index contributed by atoms with van der Waals surface area (Å²) >= 11 is 0. The summed E-state index contributed by atoms with van der Waals surface area (Å²) < 4.78 is 24.2. The molecule has 0 spiro atoms. The lowest BCUT2D eigenvalue weighted by molar-refractivity contribution is -0.0209. The number of hydrogen-bond acceptors (Lipinski definition) is 5. The number of rotatable bonds is 5. The molecule has 1 aromatic rings. The monoisotopic (exact) mass is 270 g/mol. The van der Waals surface area contributed by atoms with Crippen molar-refractivity contribution in [1.82, 2.24) is 4.98 Å². The Labute approximate surface area is 112 Å². The predicted molar refractivity (Wildman–Crippen MR) is 68.6 cm³/mol. The van der Waals surface area contributed by atoms with Gasteiger partial charge in [0.1, 0.15) is 11.6 Å². The third-order valence-corrected chi connectivity index (χ3v) is 3.06. The molecule has 6 heteroatoms. The van der Waals surface area contributed by atoms with Crippen molar-refractivity contribution in [3.8, 4) is 0 Å². The minimum atomic E-state index is -0.481. The molecule has 0 radical (unpaired) electrons. The molecule has 5 nitrogen and oxygen atoms in total. The second-order valence-corrected chi connectivity index (χ2v) is 4.39. The normalized spacial score (nSPS) is 19.7. The Hall–Kier alpha value is -1.24. The minimum absolute atomic E-state index is 0.00173. The van der Waals surface area contributed by atoms with Crippen LogP contribution in [0.1, 0.15) is 12.5 Å². The molecule has 1 aliphatic heterocycles. The van der Waals surface area contributed by atoms with Crippen LogP contribution in [0.25, 0.3) is 0 Å². The summed E-state index contributed by atoms with van der Waals surface area (Å²) in [6.45, 7) is 4.76. The summed E-state index contributed by atoms with van der Waals surface area (Å²) in [5.41, 5.74) is 0.262. The van der Waals surface area contributed by atoms with Crippen LogP contribution in [0.15, 0.2) is 12.3 Å². The largest absolute Gasteiger partial charge is 0.392 e. The molecule has 0 amide bonds. The molecule has 1 unspecified atom stereocenters. The zero-order valence-electron chi connectivity index (χ0n) is 11.0. The van der Waals surface area contributed by atoms with E-state index >= 15 is 0 Å². The van der Waals surface area contributed by atoms with E-state index in [4.69, 9.17) is 14.6 Å². The van der Waals surface area contributed by atoms with Gasteiger partial charge in [-0.25, -0.2) is 9.37 Å². The third-order valence-electron chi connectivity index (χ3n) is 3.06. The molecule has 0 aromatic carbocycles. The van der Waals surface area contributed by atoms with Gasteiger partial charge in [0.15, 0.2) is 0 Å². The maximum absolute atomic E-state index is 13.3. The van der Waals surface area contributed by atoms with E-state index in [-0.39, 0.29) is 18.3 Å². The van der Waals surface area contributed by atoms with Crippen LogP contribution in [-0.4, -0.2) is 49.1 Å². The number of ether oxygens (including phenoxy) is 2. The van der Waals surface area contributed by atoms with Crippen molar-refractivity contribution in [3.63, 3.8) is 0 Å². The number of anilines is 1. The van der Waals surface area contributed by atoms with Gasteiger partial charge in [0.2, 0.25) is 0 Å². The lowest BCUT2D eigenvalue weighted by Crippen LogP contribution is -2.45. The highest BCUT2D eigenvalue weighted by atomic mass is 19.1. The number of aliphatic hydroxyl groups excluding tert-OH is 1. The summed E-state index contributed by atoms with van der Waals surface area (Å²) in [6.07, 6.45) is 1.14. The number of pyridine rings is 1. The Morgan fingerprint density at radius 1 is 1.63 bits per heavy atom. The SMILES string of the molecule is CCOCC1CN(c2cc(CO)c(F)cn2)CCO1. The second kappa shape index (κ2) is 6.79. The van der Waals surface area contributed by atoms with Gasteiger partial charge in [-0.05, 0) is 13.0 Å². The number of aliphatic hydroxyl groups is 1. The van der Waals surface area contributed by atoms with Crippen LogP contribution in [0.2, 0.25) is 0 Å². The first kappa shape index (κ1) is 14.2. The van der Waals surface area contributed by atoms with E-state index in [9.17, 15) is 4.39 Å². The van der Waals surface area contributed by atoms with Crippen LogP contribution >= 0.6 is 0 Å². The molecule has 1 N–H and O–H groups in total. The number of halogens is 1. The molecule has 1 aromatic heterocycles. The zero-order chi connectivity index (χ0) is 13.7. The van der Waals surface area contributed by atoms with Crippen molar-refractivity contribution in [3.05, 3.63) is 23.6 Å². The van der Waals surface area contributed by atoms with Crippen LogP contribution in [0, 0.1) is 5.82 Å². The number of nitrogens with zero attached hydrogens (tertiary/aromatic N) is 2. The molecule has 2 rings (SSSR count). The average Bonchev–Trinajstić information content (AvgIpc) is 2.46. The van der Waals surface area contributed by atoms with Gasteiger partial charge in [0.05, 0.1) is 32.1 Å². The van der Waals surface area contributed by atoms with Crippen molar-refractivity contribution in [2.24, 2.45) is 0 Å². The first-order chi connectivity index (χ1) is 9.24. The van der Waals surface area contributed by atoms with Crippen LogP contribution in [0.3, 0.4) is 0 Å². The predicted octanol–water partition coefficient (Wildman–Crippen LogP) is 0.955. The topological polar surface area (TPSA) is 54.8 Å². The molecular formula is C13H19FN2O3. The summed E-state index contributed by atoms with van der Waals surface area (Å²) in [5.74, 6) is 0.181. The highest BCUT2D eigenvalue weighted by Crippen LogP contribution is 2.18. The first-order valence-electron chi connectivity index (χ1n) is 6.44. The van der Waals surface area contributed by atoms with Crippen LogP contribution in [0.5, 0.6) is 0 Å². The van der Waals surface area contributed by atoms with Gasteiger partial charge in [0.25, 0.3) is 0 Å². The van der Waals surface area contributed by atoms with Gasteiger partial charge in [-0.2, -0.15) is 0 Å². The molecule has 0 saturated carbocycles.